The van der Waals surface area contributed by atoms with E-state index in [9.17, 15) is 19.8 Å². The molecule has 0 unspecified atom stereocenters. The van der Waals surface area contributed by atoms with Crippen molar-refractivity contribution in [1.29, 1.82) is 0 Å². The number of hydrogen-bond donors (Lipinski definition) is 3. The second kappa shape index (κ2) is 10.2. The van der Waals surface area contributed by atoms with Gasteiger partial charge in [0.05, 0.1) is 6.61 Å². The molecule has 5 rings (SSSR count). The Balaban J connectivity index is 1.40. The quantitative estimate of drug-likeness (QED) is 0.329. The molecule has 0 aliphatic carbocycles. The van der Waals surface area contributed by atoms with E-state index in [1.165, 1.54) is 25.3 Å². The first-order valence-corrected chi connectivity index (χ1v) is 11.7. The van der Waals surface area contributed by atoms with Crippen molar-refractivity contribution in [3.8, 4) is 17.2 Å². The molecule has 11 heteroatoms. The maximum absolute atomic E-state index is 12.0. The summed E-state index contributed by atoms with van der Waals surface area (Å²) in [6.07, 6.45) is -1.83. The summed E-state index contributed by atoms with van der Waals surface area (Å²) >= 11 is 0. The SMILES string of the molecule is CC(=O)N[C@H]1[C@H](Oc2ccc3c(C)cc(=O)oc3c2)O[C@H](CO)[C@@H](N=Cc2ccc3c(c2)OCO3)[C@@H]1O. The number of carbonyl (C=O) groups is 1. The molecular formula is C26H26N2O9. The van der Waals surface area contributed by atoms with E-state index >= 15 is 0 Å². The second-order valence-corrected chi connectivity index (χ2v) is 8.85. The van der Waals surface area contributed by atoms with Gasteiger partial charge in [-0.1, -0.05) is 0 Å². The maximum Gasteiger partial charge on any atom is 0.336 e. The van der Waals surface area contributed by atoms with Crippen molar-refractivity contribution in [3.05, 3.63) is 64.0 Å². The minimum atomic E-state index is -1.26. The van der Waals surface area contributed by atoms with Gasteiger partial charge in [-0.05, 0) is 48.4 Å². The highest BCUT2D eigenvalue weighted by Crippen LogP contribution is 2.32. The van der Waals surface area contributed by atoms with Crippen molar-refractivity contribution in [1.82, 2.24) is 5.32 Å². The molecule has 1 aromatic heterocycles. The summed E-state index contributed by atoms with van der Waals surface area (Å²) in [5.74, 6) is 1.07. The number of rotatable bonds is 6. The largest absolute Gasteiger partial charge is 0.462 e. The average Bonchev–Trinajstić information content (AvgIpc) is 3.33. The summed E-state index contributed by atoms with van der Waals surface area (Å²) < 4.78 is 27.9. The van der Waals surface area contributed by atoms with Crippen LogP contribution in [0.4, 0.5) is 0 Å². The van der Waals surface area contributed by atoms with E-state index < -0.39 is 48.7 Å². The number of aliphatic imine (C=N–C) groups is 1. The number of nitrogens with zero attached hydrogens (tertiary/aromatic N) is 1. The van der Waals surface area contributed by atoms with E-state index in [1.54, 1.807) is 37.3 Å². The van der Waals surface area contributed by atoms with Crippen molar-refractivity contribution in [2.45, 2.75) is 44.4 Å². The molecule has 1 fully saturated rings. The van der Waals surface area contributed by atoms with Crippen LogP contribution in [0.25, 0.3) is 11.0 Å². The minimum Gasteiger partial charge on any atom is -0.462 e. The van der Waals surface area contributed by atoms with Crippen molar-refractivity contribution >= 4 is 23.1 Å². The monoisotopic (exact) mass is 510 g/mol. The lowest BCUT2D eigenvalue weighted by Gasteiger charge is -2.42. The van der Waals surface area contributed by atoms with Gasteiger partial charge in [0.2, 0.25) is 19.0 Å². The average molecular weight is 510 g/mol. The van der Waals surface area contributed by atoms with Gasteiger partial charge in [0, 0.05) is 30.7 Å². The van der Waals surface area contributed by atoms with E-state index in [-0.39, 0.29) is 12.5 Å². The lowest BCUT2D eigenvalue weighted by Crippen LogP contribution is -2.65. The topological polar surface area (TPSA) is 149 Å². The number of aliphatic hydroxyl groups is 2. The number of benzene rings is 2. The van der Waals surface area contributed by atoms with Crippen LogP contribution in [0.3, 0.4) is 0 Å². The zero-order chi connectivity index (χ0) is 26.1. The molecule has 11 nitrogen and oxygen atoms in total. The molecule has 2 aliphatic rings. The predicted molar refractivity (Wildman–Crippen MR) is 131 cm³/mol. The third-order valence-electron chi connectivity index (χ3n) is 6.22. The van der Waals surface area contributed by atoms with E-state index in [0.717, 1.165) is 10.9 Å². The van der Waals surface area contributed by atoms with Crippen LogP contribution in [0, 0.1) is 6.92 Å². The number of carbonyl (C=O) groups excluding carboxylic acids is 1. The second-order valence-electron chi connectivity index (χ2n) is 8.85. The van der Waals surface area contributed by atoms with Gasteiger partial charge in [-0.2, -0.15) is 0 Å². The highest BCUT2D eigenvalue weighted by Gasteiger charge is 2.46. The van der Waals surface area contributed by atoms with Gasteiger partial charge in [0.25, 0.3) is 0 Å². The lowest BCUT2D eigenvalue weighted by atomic mass is 9.94. The Bertz CT molecular complexity index is 1400. The molecule has 2 aliphatic heterocycles. The molecular weight excluding hydrogens is 484 g/mol. The summed E-state index contributed by atoms with van der Waals surface area (Å²) in [6, 6.07) is 9.66. The van der Waals surface area contributed by atoms with E-state index in [2.05, 4.69) is 10.3 Å². The molecule has 0 saturated carbocycles. The maximum atomic E-state index is 12.0. The fourth-order valence-electron chi connectivity index (χ4n) is 4.43. The zero-order valence-electron chi connectivity index (χ0n) is 20.1. The van der Waals surface area contributed by atoms with Crippen LogP contribution in [-0.4, -0.2) is 66.3 Å². The predicted octanol–water partition coefficient (Wildman–Crippen LogP) is 1.28. The van der Waals surface area contributed by atoms with E-state index in [0.29, 0.717) is 22.6 Å². The molecule has 3 N–H and O–H groups in total. The van der Waals surface area contributed by atoms with Gasteiger partial charge in [0.1, 0.15) is 35.6 Å². The Morgan fingerprint density at radius 2 is 2.00 bits per heavy atom. The summed E-state index contributed by atoms with van der Waals surface area (Å²) in [7, 11) is 0. The summed E-state index contributed by atoms with van der Waals surface area (Å²) in [6.45, 7) is 2.78. The van der Waals surface area contributed by atoms with Crippen molar-refractivity contribution < 1.29 is 38.4 Å². The molecule has 1 amide bonds. The van der Waals surface area contributed by atoms with Crippen molar-refractivity contribution in [2.24, 2.45) is 4.99 Å². The van der Waals surface area contributed by atoms with Gasteiger partial charge >= 0.3 is 5.63 Å². The molecule has 3 heterocycles. The number of amides is 1. The molecule has 5 atom stereocenters. The minimum absolute atomic E-state index is 0.139. The molecule has 0 spiro atoms. The number of aryl methyl sites for hydroxylation is 1. The van der Waals surface area contributed by atoms with Crippen LogP contribution in [0.2, 0.25) is 0 Å². The summed E-state index contributed by atoms with van der Waals surface area (Å²) in [5.41, 5.74) is 1.27. The Morgan fingerprint density at radius 3 is 2.78 bits per heavy atom. The lowest BCUT2D eigenvalue weighted by molar-refractivity contribution is -0.209. The normalized spacial score (nSPS) is 24.9. The van der Waals surface area contributed by atoms with Gasteiger partial charge in [0.15, 0.2) is 11.5 Å². The number of fused-ring (bicyclic) bond motifs is 2. The van der Waals surface area contributed by atoms with Crippen LogP contribution in [0.1, 0.15) is 18.1 Å². The van der Waals surface area contributed by atoms with Gasteiger partial charge in [-0.25, -0.2) is 4.79 Å². The van der Waals surface area contributed by atoms with Gasteiger partial charge < -0.3 is 38.9 Å². The third kappa shape index (κ3) is 5.15. The molecule has 0 radical (unpaired) electrons. The first kappa shape index (κ1) is 24.8. The molecule has 37 heavy (non-hydrogen) atoms. The molecule has 3 aromatic rings. The fraction of sp³-hybridized carbons (Fsp3) is 0.346. The first-order chi connectivity index (χ1) is 17.8. The van der Waals surface area contributed by atoms with E-state index in [1.807, 2.05) is 0 Å². The highest BCUT2D eigenvalue weighted by atomic mass is 16.7. The first-order valence-electron chi connectivity index (χ1n) is 11.7. The Labute approximate surface area is 211 Å². The smallest absolute Gasteiger partial charge is 0.336 e. The van der Waals surface area contributed by atoms with Gasteiger partial charge in [-0.3, -0.25) is 9.79 Å². The Kier molecular flexibility index (Phi) is 6.83. The van der Waals surface area contributed by atoms with Crippen molar-refractivity contribution in [3.63, 3.8) is 0 Å². The molecule has 2 aromatic carbocycles. The highest BCUT2D eigenvalue weighted by molar-refractivity contribution is 5.82. The van der Waals surface area contributed by atoms with Crippen LogP contribution >= 0.6 is 0 Å². The van der Waals surface area contributed by atoms with Crippen molar-refractivity contribution in [2.75, 3.05) is 13.4 Å². The van der Waals surface area contributed by atoms with Crippen LogP contribution in [0.5, 0.6) is 17.2 Å². The number of hydrogen-bond acceptors (Lipinski definition) is 10. The van der Waals surface area contributed by atoms with Crippen LogP contribution < -0.4 is 25.2 Å². The Morgan fingerprint density at radius 1 is 1.19 bits per heavy atom. The fourth-order valence-corrected chi connectivity index (χ4v) is 4.43. The third-order valence-corrected chi connectivity index (χ3v) is 6.22. The molecule has 1 saturated heterocycles. The zero-order valence-corrected chi connectivity index (χ0v) is 20.1. The molecule has 0 bridgehead atoms. The molecule has 194 valence electrons. The van der Waals surface area contributed by atoms with E-state index in [4.69, 9.17) is 23.4 Å². The van der Waals surface area contributed by atoms with Crippen LogP contribution in [-0.2, 0) is 9.53 Å². The van der Waals surface area contributed by atoms with Gasteiger partial charge in [-0.15, -0.1) is 0 Å². The summed E-state index contributed by atoms with van der Waals surface area (Å²) in [4.78, 5) is 28.2. The number of ether oxygens (including phenoxy) is 4. The summed E-state index contributed by atoms with van der Waals surface area (Å²) in [5, 5.41) is 24.6. The van der Waals surface area contributed by atoms with Crippen LogP contribution in [0.15, 0.2) is 56.7 Å². The number of nitrogens with one attached hydrogen (secondary N) is 1. The number of aliphatic hydroxyl groups excluding tert-OH is 2. The standard InChI is InChI=1S/C26H26N2O9/c1-13-7-22(31)36-19-9-16(4-5-17(13)19)35-26-24(28-14(2)30)25(32)23(21(11-29)37-26)27-10-15-3-6-18-20(8-15)34-12-33-18/h3-10,21,23-26,29,32H,11-12H2,1-2H3,(H,28,30)/t21-,23-,24-,25+,26-/m1/s1. The Hall–Kier alpha value is -3.93.